The van der Waals surface area contributed by atoms with Crippen LogP contribution in [0.3, 0.4) is 0 Å². The number of hydrogen-bond acceptors (Lipinski definition) is 3. The minimum absolute atomic E-state index is 0.232. The summed E-state index contributed by atoms with van der Waals surface area (Å²) in [5.74, 6) is -0.882. The van der Waals surface area contributed by atoms with Gasteiger partial charge in [0.2, 0.25) is 0 Å². The summed E-state index contributed by atoms with van der Waals surface area (Å²) in [5.41, 5.74) is 1.68. The van der Waals surface area contributed by atoms with Crippen molar-refractivity contribution in [2.24, 2.45) is 5.41 Å². The zero-order valence-corrected chi connectivity index (χ0v) is 13.1. The first-order valence-electron chi connectivity index (χ1n) is 7.65. The molecule has 4 nitrogen and oxygen atoms in total. The molecule has 0 spiro atoms. The number of benzene rings is 1. The smallest absolute Gasteiger partial charge is 0.335 e. The summed E-state index contributed by atoms with van der Waals surface area (Å²) in [6.07, 6.45) is 3.61. The van der Waals surface area contributed by atoms with Gasteiger partial charge in [-0.2, -0.15) is 0 Å². The monoisotopic (exact) mass is 291 g/mol. The van der Waals surface area contributed by atoms with Crippen molar-refractivity contribution in [3.63, 3.8) is 0 Å². The van der Waals surface area contributed by atoms with Crippen molar-refractivity contribution in [2.75, 3.05) is 7.11 Å². The molecule has 2 atom stereocenters. The first kappa shape index (κ1) is 16.0. The van der Waals surface area contributed by atoms with Gasteiger partial charge in [-0.25, -0.2) is 4.79 Å². The molecular weight excluding hydrogens is 266 g/mol. The third kappa shape index (κ3) is 2.97. The highest BCUT2D eigenvalue weighted by molar-refractivity contribution is 5.87. The Morgan fingerprint density at radius 3 is 2.43 bits per heavy atom. The fraction of sp³-hybridized carbons (Fsp3) is 0.588. The molecule has 0 bridgehead atoms. The highest BCUT2D eigenvalue weighted by Gasteiger charge is 2.52. The number of aromatic carboxylic acids is 1. The van der Waals surface area contributed by atoms with E-state index in [4.69, 9.17) is 9.84 Å². The first-order chi connectivity index (χ1) is 10.1. The lowest BCUT2D eigenvalue weighted by atomic mass is 9.58. The van der Waals surface area contributed by atoms with Crippen LogP contribution in [-0.2, 0) is 11.3 Å². The largest absolute Gasteiger partial charge is 0.478 e. The van der Waals surface area contributed by atoms with Crippen LogP contribution in [0.4, 0.5) is 0 Å². The fourth-order valence-corrected chi connectivity index (χ4v) is 3.57. The molecule has 1 aromatic rings. The molecule has 2 unspecified atom stereocenters. The van der Waals surface area contributed by atoms with Gasteiger partial charge < -0.3 is 15.2 Å². The Balaban J connectivity index is 1.95. The summed E-state index contributed by atoms with van der Waals surface area (Å²) in [7, 11) is 1.80. The van der Waals surface area contributed by atoms with E-state index in [-0.39, 0.29) is 5.41 Å². The third-order valence-corrected chi connectivity index (χ3v) is 5.14. The Morgan fingerprint density at radius 2 is 1.95 bits per heavy atom. The lowest BCUT2D eigenvalue weighted by molar-refractivity contribution is -0.124. The van der Waals surface area contributed by atoms with Crippen LogP contribution in [-0.4, -0.2) is 30.3 Å². The van der Waals surface area contributed by atoms with Gasteiger partial charge in [0.15, 0.2) is 0 Å². The maximum absolute atomic E-state index is 10.8. The van der Waals surface area contributed by atoms with Gasteiger partial charge in [-0.05, 0) is 37.0 Å². The van der Waals surface area contributed by atoms with Gasteiger partial charge in [-0.3, -0.25) is 0 Å². The minimum atomic E-state index is -0.882. The molecule has 4 heteroatoms. The molecule has 21 heavy (non-hydrogen) atoms. The predicted molar refractivity (Wildman–Crippen MR) is 82.5 cm³/mol. The van der Waals surface area contributed by atoms with Crippen molar-refractivity contribution < 1.29 is 14.6 Å². The van der Waals surface area contributed by atoms with Crippen molar-refractivity contribution in [2.45, 2.75) is 51.8 Å². The van der Waals surface area contributed by atoms with E-state index in [0.717, 1.165) is 31.4 Å². The molecule has 0 radical (unpaired) electrons. The van der Waals surface area contributed by atoms with E-state index < -0.39 is 5.97 Å². The first-order valence-corrected chi connectivity index (χ1v) is 7.65. The second-order valence-corrected chi connectivity index (χ2v) is 5.84. The van der Waals surface area contributed by atoms with Crippen molar-refractivity contribution >= 4 is 5.97 Å². The van der Waals surface area contributed by atoms with Crippen LogP contribution in [0.1, 0.15) is 49.0 Å². The number of nitrogens with one attached hydrogen (secondary N) is 1. The van der Waals surface area contributed by atoms with Crippen LogP contribution in [0.15, 0.2) is 24.3 Å². The molecule has 0 aliphatic heterocycles. The molecule has 0 amide bonds. The number of carboxylic acids is 1. The second kappa shape index (κ2) is 6.58. The van der Waals surface area contributed by atoms with E-state index in [1.54, 1.807) is 19.2 Å². The molecule has 0 saturated heterocycles. The van der Waals surface area contributed by atoms with Gasteiger partial charge in [0.1, 0.15) is 0 Å². The zero-order valence-electron chi connectivity index (χ0n) is 13.1. The quantitative estimate of drug-likeness (QED) is 0.810. The third-order valence-electron chi connectivity index (χ3n) is 5.14. The number of carbonyl (C=O) groups is 1. The molecular formula is C17H25NO3. The molecule has 1 saturated carbocycles. The highest BCUT2D eigenvalue weighted by Crippen LogP contribution is 2.48. The SMILES string of the molecule is CCC1(CC)C(NCc2ccc(C(=O)O)cc2)CC1OC. The van der Waals surface area contributed by atoms with Crippen LogP contribution in [0.5, 0.6) is 0 Å². The van der Waals surface area contributed by atoms with E-state index in [1.807, 2.05) is 12.1 Å². The van der Waals surface area contributed by atoms with Crippen LogP contribution < -0.4 is 5.32 Å². The number of rotatable bonds is 7. The molecule has 2 rings (SSSR count). The number of hydrogen-bond donors (Lipinski definition) is 2. The van der Waals surface area contributed by atoms with Gasteiger partial charge in [-0.1, -0.05) is 26.0 Å². The minimum Gasteiger partial charge on any atom is -0.478 e. The summed E-state index contributed by atoms with van der Waals surface area (Å²) in [6.45, 7) is 5.22. The number of carboxylic acid groups (broad SMARTS) is 1. The van der Waals surface area contributed by atoms with Crippen LogP contribution >= 0.6 is 0 Å². The van der Waals surface area contributed by atoms with Crippen molar-refractivity contribution in [1.29, 1.82) is 0 Å². The number of ether oxygens (including phenoxy) is 1. The molecule has 1 fully saturated rings. The molecule has 2 N–H and O–H groups in total. The summed E-state index contributed by atoms with van der Waals surface area (Å²) in [5, 5.41) is 12.5. The summed E-state index contributed by atoms with van der Waals surface area (Å²) in [4.78, 5) is 10.8. The number of methoxy groups -OCH3 is 1. The van der Waals surface area contributed by atoms with Crippen LogP contribution in [0, 0.1) is 5.41 Å². The second-order valence-electron chi connectivity index (χ2n) is 5.84. The zero-order chi connectivity index (χ0) is 15.5. The van der Waals surface area contributed by atoms with E-state index in [0.29, 0.717) is 17.7 Å². The Labute approximate surface area is 126 Å². The van der Waals surface area contributed by atoms with E-state index in [9.17, 15) is 4.79 Å². The summed E-state index contributed by atoms with van der Waals surface area (Å²) < 4.78 is 5.60. The standard InChI is InChI=1S/C17H25NO3/c1-4-17(5-2)14(10-15(17)21-3)18-11-12-6-8-13(9-7-12)16(19)20/h6-9,14-15,18H,4-5,10-11H2,1-3H3,(H,19,20). The van der Waals surface area contributed by atoms with Gasteiger partial charge in [0.25, 0.3) is 0 Å². The molecule has 0 heterocycles. The van der Waals surface area contributed by atoms with E-state index >= 15 is 0 Å². The average molecular weight is 291 g/mol. The topological polar surface area (TPSA) is 58.6 Å². The lowest BCUT2D eigenvalue weighted by Crippen LogP contribution is -2.62. The van der Waals surface area contributed by atoms with Gasteiger partial charge in [0, 0.05) is 25.1 Å². The molecule has 1 aliphatic carbocycles. The van der Waals surface area contributed by atoms with E-state index in [2.05, 4.69) is 19.2 Å². The van der Waals surface area contributed by atoms with Crippen LogP contribution in [0.2, 0.25) is 0 Å². The van der Waals surface area contributed by atoms with Gasteiger partial charge >= 0.3 is 5.97 Å². The molecule has 116 valence electrons. The molecule has 1 aliphatic rings. The van der Waals surface area contributed by atoms with Gasteiger partial charge in [0.05, 0.1) is 11.7 Å². The Kier molecular flexibility index (Phi) is 5.01. The maximum Gasteiger partial charge on any atom is 0.335 e. The summed E-state index contributed by atoms with van der Waals surface area (Å²) in [6, 6.07) is 7.54. The Morgan fingerprint density at radius 1 is 1.33 bits per heavy atom. The predicted octanol–water partition coefficient (Wildman–Crippen LogP) is 3.07. The summed E-state index contributed by atoms with van der Waals surface area (Å²) >= 11 is 0. The Hall–Kier alpha value is -1.39. The Bertz CT molecular complexity index is 479. The molecule has 0 aromatic heterocycles. The fourth-order valence-electron chi connectivity index (χ4n) is 3.57. The maximum atomic E-state index is 10.8. The van der Waals surface area contributed by atoms with Crippen molar-refractivity contribution in [3.8, 4) is 0 Å². The lowest BCUT2D eigenvalue weighted by Gasteiger charge is -2.55. The van der Waals surface area contributed by atoms with Gasteiger partial charge in [-0.15, -0.1) is 0 Å². The van der Waals surface area contributed by atoms with E-state index in [1.165, 1.54) is 0 Å². The van der Waals surface area contributed by atoms with Crippen molar-refractivity contribution in [3.05, 3.63) is 35.4 Å². The normalized spacial score (nSPS) is 23.6. The average Bonchev–Trinajstić information content (AvgIpc) is 2.48. The van der Waals surface area contributed by atoms with Crippen LogP contribution in [0.25, 0.3) is 0 Å². The molecule has 1 aromatic carbocycles. The highest BCUT2D eigenvalue weighted by atomic mass is 16.5. The van der Waals surface area contributed by atoms with Crippen molar-refractivity contribution in [1.82, 2.24) is 5.32 Å².